The second-order valence-corrected chi connectivity index (χ2v) is 6.88. The molecule has 2 N–H and O–H groups in total. The first-order chi connectivity index (χ1) is 12.2. The van der Waals surface area contributed by atoms with Crippen LogP contribution in [0.25, 0.3) is 10.9 Å². The molecular weight excluding hydrogens is 318 g/mol. The molecule has 1 aromatic heterocycles. The van der Waals surface area contributed by atoms with E-state index in [1.807, 2.05) is 24.3 Å². The summed E-state index contributed by atoms with van der Waals surface area (Å²) in [4.78, 5) is 16.6. The number of pyridine rings is 1. The van der Waals surface area contributed by atoms with Crippen molar-refractivity contribution in [2.24, 2.45) is 0 Å². The van der Waals surface area contributed by atoms with Crippen molar-refractivity contribution in [1.29, 1.82) is 0 Å². The zero-order chi connectivity index (χ0) is 17.1. The van der Waals surface area contributed by atoms with E-state index >= 15 is 0 Å². The van der Waals surface area contributed by atoms with E-state index in [4.69, 9.17) is 9.47 Å². The number of fused-ring (bicyclic) bond motifs is 1. The quantitative estimate of drug-likeness (QED) is 0.899. The Morgan fingerprint density at radius 3 is 3.16 bits per heavy atom. The maximum Gasteiger partial charge on any atom is 0.315 e. The number of rotatable bonds is 3. The molecule has 4 rings (SSSR count). The van der Waals surface area contributed by atoms with Crippen LogP contribution in [0.5, 0.6) is 0 Å². The Hall–Kier alpha value is -2.18. The lowest BCUT2D eigenvalue weighted by atomic mass is 9.90. The average molecular weight is 341 g/mol. The number of nitrogens with zero attached hydrogens (tertiary/aromatic N) is 1. The summed E-state index contributed by atoms with van der Waals surface area (Å²) in [6.07, 6.45) is 4.36. The van der Waals surface area contributed by atoms with Gasteiger partial charge >= 0.3 is 6.03 Å². The maximum atomic E-state index is 12.2. The molecule has 6 nitrogen and oxygen atoms in total. The minimum absolute atomic E-state index is 0.132. The van der Waals surface area contributed by atoms with Crippen LogP contribution in [0.3, 0.4) is 0 Å². The second kappa shape index (κ2) is 6.98. The third-order valence-corrected chi connectivity index (χ3v) is 5.02. The van der Waals surface area contributed by atoms with E-state index in [9.17, 15) is 4.79 Å². The standard InChI is InChI=1S/C19H23N3O3/c23-18(22-16-5-8-25-19(11-16)6-9-24-13-19)21-12-14-3-4-17-15(10-14)2-1-7-20-17/h1-4,7,10,16H,5-6,8-9,11-13H2,(H2,21,22,23)/t16-,19+/m1/s1. The highest BCUT2D eigenvalue weighted by molar-refractivity contribution is 5.79. The van der Waals surface area contributed by atoms with Gasteiger partial charge in [0.1, 0.15) is 0 Å². The van der Waals surface area contributed by atoms with Crippen LogP contribution < -0.4 is 10.6 Å². The van der Waals surface area contributed by atoms with Gasteiger partial charge in [0.15, 0.2) is 0 Å². The van der Waals surface area contributed by atoms with Crippen LogP contribution in [0, 0.1) is 0 Å². The zero-order valence-electron chi connectivity index (χ0n) is 14.2. The summed E-state index contributed by atoms with van der Waals surface area (Å²) in [5.41, 5.74) is 1.83. The third kappa shape index (κ3) is 3.75. The van der Waals surface area contributed by atoms with E-state index in [0.29, 0.717) is 19.8 Å². The van der Waals surface area contributed by atoms with E-state index < -0.39 is 0 Å². The van der Waals surface area contributed by atoms with Gasteiger partial charge in [-0.05, 0) is 36.6 Å². The molecule has 0 aliphatic carbocycles. The van der Waals surface area contributed by atoms with Gasteiger partial charge in [0.05, 0.1) is 17.7 Å². The maximum absolute atomic E-state index is 12.2. The van der Waals surface area contributed by atoms with Crippen molar-refractivity contribution in [1.82, 2.24) is 15.6 Å². The van der Waals surface area contributed by atoms with Crippen LogP contribution in [-0.4, -0.2) is 42.5 Å². The van der Waals surface area contributed by atoms with Gasteiger partial charge in [-0.2, -0.15) is 0 Å². The molecule has 2 atom stereocenters. The number of amides is 2. The summed E-state index contributed by atoms with van der Waals surface area (Å²) in [5.74, 6) is 0. The Kier molecular flexibility index (Phi) is 4.55. The SMILES string of the molecule is O=C(NCc1ccc2ncccc2c1)N[C@@H]1CCO[C@@]2(CCOC2)C1. The highest BCUT2D eigenvalue weighted by Gasteiger charge is 2.41. The zero-order valence-corrected chi connectivity index (χ0v) is 14.2. The molecule has 2 amide bonds. The first kappa shape index (κ1) is 16.3. The lowest BCUT2D eigenvalue weighted by Gasteiger charge is -2.37. The number of carbonyl (C=O) groups excluding carboxylic acids is 1. The molecule has 2 fully saturated rings. The van der Waals surface area contributed by atoms with E-state index in [1.54, 1.807) is 6.20 Å². The summed E-state index contributed by atoms with van der Waals surface area (Å²) in [6.45, 7) is 2.55. The number of aromatic nitrogens is 1. The van der Waals surface area contributed by atoms with E-state index in [-0.39, 0.29) is 17.7 Å². The predicted octanol–water partition coefficient (Wildman–Crippen LogP) is 2.37. The van der Waals surface area contributed by atoms with Gasteiger partial charge in [0, 0.05) is 43.8 Å². The molecule has 0 radical (unpaired) electrons. The summed E-state index contributed by atoms with van der Waals surface area (Å²) in [5, 5.41) is 7.11. The fourth-order valence-electron chi connectivity index (χ4n) is 3.67. The van der Waals surface area contributed by atoms with Crippen LogP contribution in [0.2, 0.25) is 0 Å². The molecule has 2 saturated heterocycles. The number of benzene rings is 1. The first-order valence-electron chi connectivity index (χ1n) is 8.82. The van der Waals surface area contributed by atoms with Crippen molar-refractivity contribution in [3.05, 3.63) is 42.1 Å². The molecule has 132 valence electrons. The highest BCUT2D eigenvalue weighted by Crippen LogP contribution is 2.32. The molecule has 2 aliphatic rings. The van der Waals surface area contributed by atoms with Gasteiger partial charge in [-0.25, -0.2) is 4.79 Å². The van der Waals surface area contributed by atoms with Crippen LogP contribution in [-0.2, 0) is 16.0 Å². The molecule has 1 spiro atoms. The molecule has 25 heavy (non-hydrogen) atoms. The lowest BCUT2D eigenvalue weighted by molar-refractivity contribution is -0.0878. The van der Waals surface area contributed by atoms with Gasteiger partial charge in [-0.15, -0.1) is 0 Å². The van der Waals surface area contributed by atoms with Crippen molar-refractivity contribution >= 4 is 16.9 Å². The van der Waals surface area contributed by atoms with E-state index in [0.717, 1.165) is 42.3 Å². The molecule has 6 heteroatoms. The Labute approximate surface area is 146 Å². The molecule has 2 aromatic rings. The predicted molar refractivity (Wildman–Crippen MR) is 94.3 cm³/mol. The summed E-state index contributed by atoms with van der Waals surface area (Å²) >= 11 is 0. The molecule has 0 saturated carbocycles. The molecule has 3 heterocycles. The Bertz CT molecular complexity index is 758. The minimum atomic E-state index is -0.193. The highest BCUT2D eigenvalue weighted by atomic mass is 16.6. The number of nitrogens with one attached hydrogen (secondary N) is 2. The van der Waals surface area contributed by atoms with E-state index in [2.05, 4.69) is 21.7 Å². The average Bonchev–Trinajstić information content (AvgIpc) is 3.07. The molecule has 0 unspecified atom stereocenters. The van der Waals surface area contributed by atoms with Crippen molar-refractivity contribution in [3.63, 3.8) is 0 Å². The topological polar surface area (TPSA) is 72.5 Å². The van der Waals surface area contributed by atoms with Crippen LogP contribution >= 0.6 is 0 Å². The van der Waals surface area contributed by atoms with Crippen molar-refractivity contribution in [3.8, 4) is 0 Å². The Morgan fingerprint density at radius 2 is 2.28 bits per heavy atom. The summed E-state index contributed by atoms with van der Waals surface area (Å²) in [6, 6.07) is 9.98. The van der Waals surface area contributed by atoms with Crippen molar-refractivity contribution in [2.45, 2.75) is 37.5 Å². The lowest BCUT2D eigenvalue weighted by Crippen LogP contribution is -2.51. The van der Waals surface area contributed by atoms with Crippen LogP contribution in [0.15, 0.2) is 36.5 Å². The molecule has 0 bridgehead atoms. The Balaban J connectivity index is 1.31. The van der Waals surface area contributed by atoms with Gasteiger partial charge in [0.2, 0.25) is 0 Å². The molecule has 2 aliphatic heterocycles. The number of hydrogen-bond donors (Lipinski definition) is 2. The van der Waals surface area contributed by atoms with Gasteiger partial charge in [-0.3, -0.25) is 4.98 Å². The number of hydrogen-bond acceptors (Lipinski definition) is 4. The monoisotopic (exact) mass is 341 g/mol. The van der Waals surface area contributed by atoms with Crippen LogP contribution in [0.4, 0.5) is 4.79 Å². The second-order valence-electron chi connectivity index (χ2n) is 6.88. The van der Waals surface area contributed by atoms with Gasteiger partial charge in [-0.1, -0.05) is 12.1 Å². The number of ether oxygens (including phenoxy) is 2. The smallest absolute Gasteiger partial charge is 0.315 e. The fraction of sp³-hybridized carbons (Fsp3) is 0.474. The summed E-state index contributed by atoms with van der Waals surface area (Å²) in [7, 11) is 0. The van der Waals surface area contributed by atoms with Crippen LogP contribution in [0.1, 0.15) is 24.8 Å². The normalized spacial score (nSPS) is 26.0. The van der Waals surface area contributed by atoms with E-state index in [1.165, 1.54) is 0 Å². The van der Waals surface area contributed by atoms with Crippen molar-refractivity contribution < 1.29 is 14.3 Å². The number of carbonyl (C=O) groups is 1. The minimum Gasteiger partial charge on any atom is -0.378 e. The number of urea groups is 1. The fourth-order valence-corrected chi connectivity index (χ4v) is 3.67. The molecule has 1 aromatic carbocycles. The Morgan fingerprint density at radius 1 is 1.32 bits per heavy atom. The summed E-state index contributed by atoms with van der Waals surface area (Å²) < 4.78 is 11.4. The van der Waals surface area contributed by atoms with Gasteiger partial charge in [0.25, 0.3) is 0 Å². The third-order valence-electron chi connectivity index (χ3n) is 5.02. The molecular formula is C19H23N3O3. The van der Waals surface area contributed by atoms with Crippen molar-refractivity contribution in [2.75, 3.05) is 19.8 Å². The largest absolute Gasteiger partial charge is 0.378 e. The van der Waals surface area contributed by atoms with Gasteiger partial charge < -0.3 is 20.1 Å². The first-order valence-corrected chi connectivity index (χ1v) is 8.82.